The number of hydrogen-bond donors (Lipinski definition) is 3. The summed E-state index contributed by atoms with van der Waals surface area (Å²) in [6, 6.07) is 7.50. The van der Waals surface area contributed by atoms with Gasteiger partial charge in [0.15, 0.2) is 0 Å². The van der Waals surface area contributed by atoms with Gasteiger partial charge >= 0.3 is 0 Å². The number of piperidine rings is 2. The maximum Gasteiger partial charge on any atom is 0.255 e. The molecule has 1 atom stereocenters. The van der Waals surface area contributed by atoms with Crippen LogP contribution in [0.3, 0.4) is 0 Å². The van der Waals surface area contributed by atoms with E-state index < -0.39 is 22.0 Å². The highest BCUT2D eigenvalue weighted by Crippen LogP contribution is 2.54. The second-order valence-corrected chi connectivity index (χ2v) is 14.0. The van der Waals surface area contributed by atoms with Crippen LogP contribution < -0.4 is 24.6 Å². The molecule has 0 bridgehead atoms. The quantitative estimate of drug-likeness (QED) is 0.415. The van der Waals surface area contributed by atoms with Gasteiger partial charge in [-0.25, -0.2) is 21.9 Å². The Kier molecular flexibility index (Phi) is 7.59. The molecule has 0 aromatic heterocycles. The Morgan fingerprint density at radius 3 is 2.33 bits per heavy atom. The van der Waals surface area contributed by atoms with Gasteiger partial charge in [0, 0.05) is 62.6 Å². The minimum Gasteiger partial charge on any atom is -0.491 e. The van der Waals surface area contributed by atoms with Gasteiger partial charge in [0.05, 0.1) is 35.2 Å². The second-order valence-electron chi connectivity index (χ2n) is 12.3. The SMILES string of the molecule is C[C@@H](CO)NS(=O)(=O)c1ccc(NC(=O)c2cc3c(c(N4CCC(F)(F)CC4)c2)OCC3)c(N2CCC3(CC2)CC3)c1. The highest BCUT2D eigenvalue weighted by atomic mass is 32.2. The van der Waals surface area contributed by atoms with Gasteiger partial charge < -0.3 is 25.0 Å². The maximum atomic E-state index is 13.9. The summed E-state index contributed by atoms with van der Waals surface area (Å²) in [7, 11) is -3.90. The van der Waals surface area contributed by atoms with Crippen LogP contribution in [0.25, 0.3) is 0 Å². The number of hydrogen-bond acceptors (Lipinski definition) is 7. The molecule has 0 radical (unpaired) electrons. The molecule has 1 aliphatic carbocycles. The number of nitrogens with zero attached hydrogens (tertiary/aromatic N) is 2. The average molecular weight is 605 g/mol. The van der Waals surface area contributed by atoms with Crippen LogP contribution >= 0.6 is 0 Å². The molecule has 4 aliphatic rings. The third kappa shape index (κ3) is 5.93. The Morgan fingerprint density at radius 1 is 1.00 bits per heavy atom. The van der Waals surface area contributed by atoms with Crippen LogP contribution in [0.15, 0.2) is 35.2 Å². The molecule has 1 saturated carbocycles. The van der Waals surface area contributed by atoms with Crippen LogP contribution in [-0.2, 0) is 16.4 Å². The van der Waals surface area contributed by atoms with Crippen molar-refractivity contribution >= 4 is 33.0 Å². The lowest BCUT2D eigenvalue weighted by Gasteiger charge is -2.35. The van der Waals surface area contributed by atoms with Gasteiger partial charge in [-0.15, -0.1) is 0 Å². The van der Waals surface area contributed by atoms with Gasteiger partial charge in [0.25, 0.3) is 11.8 Å². The number of anilines is 3. The van der Waals surface area contributed by atoms with Gasteiger partial charge in [0.2, 0.25) is 10.0 Å². The highest BCUT2D eigenvalue weighted by Gasteiger charge is 2.44. The number of halogens is 2. The number of sulfonamides is 1. The lowest BCUT2D eigenvalue weighted by molar-refractivity contribution is -0.0221. The van der Waals surface area contributed by atoms with Gasteiger partial charge in [-0.1, -0.05) is 0 Å². The molecule has 3 heterocycles. The largest absolute Gasteiger partial charge is 0.491 e. The molecule has 1 spiro atoms. The molecule has 3 fully saturated rings. The lowest BCUT2D eigenvalue weighted by Crippen LogP contribution is -2.39. The summed E-state index contributed by atoms with van der Waals surface area (Å²) < 4.78 is 62.1. The smallest absolute Gasteiger partial charge is 0.255 e. The fourth-order valence-electron chi connectivity index (χ4n) is 6.24. The summed E-state index contributed by atoms with van der Waals surface area (Å²) in [6.07, 6.45) is 4.60. The van der Waals surface area contributed by atoms with E-state index in [1.807, 2.05) is 4.90 Å². The van der Waals surface area contributed by atoms with E-state index in [0.29, 0.717) is 46.8 Å². The molecule has 42 heavy (non-hydrogen) atoms. The Morgan fingerprint density at radius 2 is 1.67 bits per heavy atom. The molecular weight excluding hydrogens is 566 g/mol. The van der Waals surface area contributed by atoms with Crippen LogP contribution in [0.1, 0.15) is 61.4 Å². The summed E-state index contributed by atoms with van der Waals surface area (Å²) in [4.78, 5) is 17.8. The first-order valence-electron chi connectivity index (χ1n) is 14.7. The Hall–Kier alpha value is -2.96. The van der Waals surface area contributed by atoms with E-state index in [4.69, 9.17) is 4.74 Å². The number of benzene rings is 2. The number of nitrogens with one attached hydrogen (secondary N) is 2. The molecule has 3 aliphatic heterocycles. The van der Waals surface area contributed by atoms with Gasteiger partial charge in [-0.05, 0) is 68.4 Å². The number of ether oxygens (including phenoxy) is 1. The number of rotatable bonds is 8. The summed E-state index contributed by atoms with van der Waals surface area (Å²) in [5.74, 6) is -2.41. The van der Waals surface area contributed by atoms with Gasteiger partial charge in [-0.2, -0.15) is 0 Å². The first kappa shape index (κ1) is 29.1. The van der Waals surface area contributed by atoms with E-state index in [0.717, 1.165) is 31.5 Å². The predicted octanol–water partition coefficient (Wildman–Crippen LogP) is 4.15. The average Bonchev–Trinajstić information content (AvgIpc) is 3.53. The van der Waals surface area contributed by atoms with E-state index in [1.54, 1.807) is 31.2 Å². The third-order valence-corrected chi connectivity index (χ3v) is 10.7. The van der Waals surface area contributed by atoms with Crippen LogP contribution in [0.4, 0.5) is 25.8 Å². The van der Waals surface area contributed by atoms with E-state index in [9.17, 15) is 27.1 Å². The Balaban J connectivity index is 1.29. The van der Waals surface area contributed by atoms with Crippen LogP contribution in [0, 0.1) is 5.41 Å². The first-order valence-corrected chi connectivity index (χ1v) is 16.2. The zero-order chi connectivity index (χ0) is 29.7. The number of aliphatic hydroxyl groups is 1. The molecule has 3 N–H and O–H groups in total. The number of fused-ring (bicyclic) bond motifs is 1. The standard InChI is InChI=1S/C30H38F2N4O5S/c1-20(19-37)34-42(39,40)23-2-3-24(25(18-23)35-11-7-29(5-6-29)8-12-35)33-28(38)22-16-21-4-15-41-27(21)26(17-22)36-13-9-30(31,32)10-14-36/h2-3,16-18,20,34,37H,4-15,19H2,1H3,(H,33,38)/t20-/m0/s1. The second kappa shape index (κ2) is 10.9. The van der Waals surface area contributed by atoms with E-state index in [1.165, 1.54) is 18.9 Å². The number of aliphatic hydroxyl groups excluding tert-OH is 1. The normalized spacial score (nSPS) is 21.5. The van der Waals surface area contributed by atoms with Crippen molar-refractivity contribution in [3.05, 3.63) is 41.5 Å². The van der Waals surface area contributed by atoms with Crippen molar-refractivity contribution in [3.8, 4) is 5.75 Å². The molecule has 2 aromatic carbocycles. The molecule has 1 amide bonds. The van der Waals surface area contributed by atoms with E-state index in [2.05, 4.69) is 14.9 Å². The molecule has 2 saturated heterocycles. The van der Waals surface area contributed by atoms with Crippen molar-refractivity contribution in [2.24, 2.45) is 5.41 Å². The Bertz CT molecular complexity index is 1460. The van der Waals surface area contributed by atoms with E-state index in [-0.39, 0.29) is 43.3 Å². The summed E-state index contributed by atoms with van der Waals surface area (Å²) >= 11 is 0. The maximum absolute atomic E-state index is 13.9. The monoisotopic (exact) mass is 604 g/mol. The van der Waals surface area contributed by atoms with Crippen molar-refractivity contribution in [3.63, 3.8) is 0 Å². The molecule has 6 rings (SSSR count). The highest BCUT2D eigenvalue weighted by molar-refractivity contribution is 7.89. The van der Waals surface area contributed by atoms with Crippen molar-refractivity contribution in [2.45, 2.75) is 68.7 Å². The third-order valence-electron chi connectivity index (χ3n) is 9.14. The Labute approximate surface area is 245 Å². The minimum atomic E-state index is -3.90. The van der Waals surface area contributed by atoms with Gasteiger partial charge in [-0.3, -0.25) is 4.79 Å². The topological polar surface area (TPSA) is 111 Å². The van der Waals surface area contributed by atoms with Crippen molar-refractivity contribution in [1.29, 1.82) is 0 Å². The minimum absolute atomic E-state index is 0.0568. The summed E-state index contributed by atoms with van der Waals surface area (Å²) in [5.41, 5.74) is 3.44. The van der Waals surface area contributed by atoms with Crippen LogP contribution in [-0.4, -0.2) is 70.8 Å². The number of amides is 1. The molecule has 228 valence electrons. The summed E-state index contributed by atoms with van der Waals surface area (Å²) in [5, 5.41) is 12.4. The first-order chi connectivity index (χ1) is 20.0. The number of carbonyl (C=O) groups excluding carboxylic acids is 1. The molecule has 12 heteroatoms. The summed E-state index contributed by atoms with van der Waals surface area (Å²) in [6.45, 7) is 3.58. The van der Waals surface area contributed by atoms with Crippen molar-refractivity contribution in [1.82, 2.24) is 4.72 Å². The zero-order valence-corrected chi connectivity index (χ0v) is 24.6. The van der Waals surface area contributed by atoms with E-state index >= 15 is 0 Å². The fourth-order valence-corrected chi connectivity index (χ4v) is 7.49. The van der Waals surface area contributed by atoms with Crippen molar-refractivity contribution in [2.75, 3.05) is 54.5 Å². The molecule has 2 aromatic rings. The predicted molar refractivity (Wildman–Crippen MR) is 156 cm³/mol. The zero-order valence-electron chi connectivity index (χ0n) is 23.8. The fraction of sp³-hybridized carbons (Fsp3) is 0.567. The molecular formula is C30H38F2N4O5S. The number of carbonyl (C=O) groups is 1. The number of alkyl halides is 2. The lowest BCUT2D eigenvalue weighted by atomic mass is 9.93. The van der Waals surface area contributed by atoms with Crippen LogP contribution in [0.2, 0.25) is 0 Å². The molecule has 0 unspecified atom stereocenters. The molecule has 9 nitrogen and oxygen atoms in total. The van der Waals surface area contributed by atoms with Gasteiger partial charge in [0.1, 0.15) is 5.75 Å². The van der Waals surface area contributed by atoms with Crippen LogP contribution in [0.5, 0.6) is 5.75 Å². The van der Waals surface area contributed by atoms with Crippen molar-refractivity contribution < 1.29 is 31.8 Å².